The fourth-order valence-corrected chi connectivity index (χ4v) is 5.22. The summed E-state index contributed by atoms with van der Waals surface area (Å²) in [5.41, 5.74) is 0. The van der Waals surface area contributed by atoms with E-state index in [1.165, 1.54) is 51.4 Å². The van der Waals surface area contributed by atoms with Crippen LogP contribution in [0.25, 0.3) is 0 Å². The summed E-state index contributed by atoms with van der Waals surface area (Å²) < 4.78 is 6.54. The van der Waals surface area contributed by atoms with E-state index in [-0.39, 0.29) is 0 Å². The number of fused-ring (bicyclic) bond motifs is 4. The Kier molecular flexibility index (Phi) is 3.13. The van der Waals surface area contributed by atoms with Crippen molar-refractivity contribution in [1.82, 2.24) is 9.80 Å². The zero-order valence-electron chi connectivity index (χ0n) is 12.4. The van der Waals surface area contributed by atoms with Gasteiger partial charge in [0.2, 0.25) is 0 Å². The van der Waals surface area contributed by atoms with E-state index in [1.807, 2.05) is 0 Å². The van der Waals surface area contributed by atoms with Gasteiger partial charge in [0, 0.05) is 24.2 Å². The van der Waals surface area contributed by atoms with Gasteiger partial charge in [0.15, 0.2) is 0 Å². The summed E-state index contributed by atoms with van der Waals surface area (Å²) in [5, 5.41) is 0. The SMILES string of the molecule is CN1C2CCC1CC(OC1CC3CCC(C1)N3C)C2. The Morgan fingerprint density at radius 1 is 0.632 bits per heavy atom. The van der Waals surface area contributed by atoms with Gasteiger partial charge in [-0.2, -0.15) is 0 Å². The third kappa shape index (κ3) is 2.14. The summed E-state index contributed by atoms with van der Waals surface area (Å²) in [6.07, 6.45) is 11.9. The molecule has 4 bridgehead atoms. The molecular weight excluding hydrogens is 236 g/mol. The summed E-state index contributed by atoms with van der Waals surface area (Å²) in [7, 11) is 4.63. The van der Waals surface area contributed by atoms with Gasteiger partial charge in [-0.25, -0.2) is 0 Å². The molecule has 0 aromatic rings. The molecule has 0 amide bonds. The highest BCUT2D eigenvalue weighted by Gasteiger charge is 2.42. The van der Waals surface area contributed by atoms with Gasteiger partial charge in [-0.3, -0.25) is 0 Å². The molecule has 4 saturated heterocycles. The van der Waals surface area contributed by atoms with Gasteiger partial charge in [0.25, 0.3) is 0 Å². The van der Waals surface area contributed by atoms with Gasteiger partial charge in [-0.05, 0) is 65.5 Å². The first-order valence-electron chi connectivity index (χ1n) is 8.30. The molecule has 4 atom stereocenters. The molecule has 0 saturated carbocycles. The van der Waals surface area contributed by atoms with Crippen molar-refractivity contribution in [3.8, 4) is 0 Å². The molecule has 4 rings (SSSR count). The first-order valence-corrected chi connectivity index (χ1v) is 8.30. The molecule has 3 nitrogen and oxygen atoms in total. The zero-order valence-corrected chi connectivity index (χ0v) is 12.4. The largest absolute Gasteiger partial charge is 0.375 e. The number of nitrogens with zero attached hydrogens (tertiary/aromatic N) is 2. The van der Waals surface area contributed by atoms with E-state index >= 15 is 0 Å². The van der Waals surface area contributed by atoms with Crippen LogP contribution in [0.5, 0.6) is 0 Å². The van der Waals surface area contributed by atoms with Crippen molar-refractivity contribution in [2.75, 3.05) is 14.1 Å². The van der Waals surface area contributed by atoms with Crippen LogP contribution in [-0.2, 0) is 4.74 Å². The molecular formula is C16H28N2O. The number of piperidine rings is 2. The van der Waals surface area contributed by atoms with Gasteiger partial charge in [0.05, 0.1) is 12.2 Å². The van der Waals surface area contributed by atoms with Crippen LogP contribution in [0, 0.1) is 0 Å². The van der Waals surface area contributed by atoms with Gasteiger partial charge >= 0.3 is 0 Å². The molecule has 4 heterocycles. The zero-order chi connectivity index (χ0) is 13.0. The fraction of sp³-hybridized carbons (Fsp3) is 1.00. The molecule has 0 aliphatic carbocycles. The van der Waals surface area contributed by atoms with Gasteiger partial charge in [-0.1, -0.05) is 0 Å². The topological polar surface area (TPSA) is 15.7 Å². The van der Waals surface area contributed by atoms with Crippen LogP contribution >= 0.6 is 0 Å². The van der Waals surface area contributed by atoms with Crippen molar-refractivity contribution in [3.05, 3.63) is 0 Å². The molecule has 108 valence electrons. The molecule has 0 spiro atoms. The Morgan fingerprint density at radius 3 is 1.26 bits per heavy atom. The molecule has 0 radical (unpaired) electrons. The number of ether oxygens (including phenoxy) is 1. The van der Waals surface area contributed by atoms with Crippen molar-refractivity contribution < 1.29 is 4.74 Å². The molecule has 0 N–H and O–H groups in total. The molecule has 19 heavy (non-hydrogen) atoms. The molecule has 4 aliphatic heterocycles. The lowest BCUT2D eigenvalue weighted by atomic mass is 9.97. The maximum Gasteiger partial charge on any atom is 0.0608 e. The van der Waals surface area contributed by atoms with Crippen LogP contribution in [0.15, 0.2) is 0 Å². The second kappa shape index (κ2) is 4.71. The second-order valence-corrected chi connectivity index (χ2v) is 7.42. The number of hydrogen-bond donors (Lipinski definition) is 0. The maximum absolute atomic E-state index is 6.54. The van der Waals surface area contributed by atoms with Crippen LogP contribution in [0.2, 0.25) is 0 Å². The summed E-state index contributed by atoms with van der Waals surface area (Å²) in [4.78, 5) is 5.22. The lowest BCUT2D eigenvalue weighted by Gasteiger charge is -2.41. The Hall–Kier alpha value is -0.120. The normalized spacial score (nSPS) is 50.8. The first kappa shape index (κ1) is 12.6. The Morgan fingerprint density at radius 2 is 0.947 bits per heavy atom. The first-order chi connectivity index (χ1) is 9.20. The van der Waals surface area contributed by atoms with Crippen molar-refractivity contribution >= 4 is 0 Å². The Labute approximate surface area is 117 Å². The molecule has 4 unspecified atom stereocenters. The average Bonchev–Trinajstić information content (AvgIpc) is 2.77. The average molecular weight is 264 g/mol. The predicted octanol–water partition coefficient (Wildman–Crippen LogP) is 2.25. The second-order valence-electron chi connectivity index (χ2n) is 7.42. The van der Waals surface area contributed by atoms with E-state index in [1.54, 1.807) is 0 Å². The van der Waals surface area contributed by atoms with Crippen LogP contribution < -0.4 is 0 Å². The van der Waals surface area contributed by atoms with E-state index in [4.69, 9.17) is 4.74 Å². The molecule has 0 aromatic heterocycles. The highest BCUT2D eigenvalue weighted by atomic mass is 16.5. The van der Waals surface area contributed by atoms with Crippen molar-refractivity contribution in [3.63, 3.8) is 0 Å². The van der Waals surface area contributed by atoms with E-state index in [0.29, 0.717) is 12.2 Å². The monoisotopic (exact) mass is 264 g/mol. The lowest BCUT2D eigenvalue weighted by Crippen LogP contribution is -2.47. The minimum absolute atomic E-state index is 0.557. The van der Waals surface area contributed by atoms with Crippen molar-refractivity contribution in [1.29, 1.82) is 0 Å². The predicted molar refractivity (Wildman–Crippen MR) is 76.3 cm³/mol. The standard InChI is InChI=1S/C16H28N2O/c1-17-11-3-4-12(17)8-15(7-11)19-16-9-13-5-6-14(10-16)18(13)2/h11-16H,3-10H2,1-2H3. The third-order valence-electron chi connectivity index (χ3n) is 6.49. The minimum atomic E-state index is 0.557. The van der Waals surface area contributed by atoms with Crippen molar-refractivity contribution in [2.24, 2.45) is 0 Å². The molecule has 4 aliphatic rings. The summed E-state index contributed by atoms with van der Waals surface area (Å²) in [6, 6.07) is 3.25. The van der Waals surface area contributed by atoms with Crippen LogP contribution in [-0.4, -0.2) is 60.3 Å². The molecule has 4 fully saturated rings. The highest BCUT2D eigenvalue weighted by molar-refractivity contribution is 4.97. The van der Waals surface area contributed by atoms with Crippen LogP contribution in [0.1, 0.15) is 51.4 Å². The Balaban J connectivity index is 1.36. The van der Waals surface area contributed by atoms with Crippen molar-refractivity contribution in [2.45, 2.75) is 87.7 Å². The number of rotatable bonds is 2. The summed E-state index contributed by atoms with van der Waals surface area (Å²) in [5.74, 6) is 0. The van der Waals surface area contributed by atoms with E-state index < -0.39 is 0 Å². The van der Waals surface area contributed by atoms with Gasteiger partial charge < -0.3 is 14.5 Å². The number of hydrogen-bond acceptors (Lipinski definition) is 3. The fourth-order valence-electron chi connectivity index (χ4n) is 5.22. The summed E-state index contributed by atoms with van der Waals surface area (Å²) in [6.45, 7) is 0. The minimum Gasteiger partial charge on any atom is -0.375 e. The maximum atomic E-state index is 6.54. The summed E-state index contributed by atoms with van der Waals surface area (Å²) >= 11 is 0. The molecule has 0 aromatic carbocycles. The van der Waals surface area contributed by atoms with Crippen LogP contribution in [0.3, 0.4) is 0 Å². The van der Waals surface area contributed by atoms with Gasteiger partial charge in [-0.15, -0.1) is 0 Å². The Bertz CT molecular complexity index is 288. The highest BCUT2D eigenvalue weighted by Crippen LogP contribution is 2.39. The van der Waals surface area contributed by atoms with Gasteiger partial charge in [0.1, 0.15) is 0 Å². The molecule has 3 heteroatoms. The smallest absolute Gasteiger partial charge is 0.0608 e. The quantitative estimate of drug-likeness (QED) is 0.761. The van der Waals surface area contributed by atoms with E-state index in [2.05, 4.69) is 23.9 Å². The van der Waals surface area contributed by atoms with Crippen LogP contribution in [0.4, 0.5) is 0 Å². The van der Waals surface area contributed by atoms with E-state index in [9.17, 15) is 0 Å². The van der Waals surface area contributed by atoms with E-state index in [0.717, 1.165) is 24.2 Å². The third-order valence-corrected chi connectivity index (χ3v) is 6.49. The lowest BCUT2D eigenvalue weighted by molar-refractivity contribution is -0.0853.